The van der Waals surface area contributed by atoms with E-state index in [-0.39, 0.29) is 18.2 Å². The van der Waals surface area contributed by atoms with Crippen molar-refractivity contribution in [1.29, 1.82) is 0 Å². The molecule has 0 radical (unpaired) electrons. The molecule has 0 aliphatic heterocycles. The molecule has 0 atom stereocenters. The number of amides is 1. The lowest BCUT2D eigenvalue weighted by atomic mass is 9.98. The second-order valence-corrected chi connectivity index (χ2v) is 10.3. The van der Waals surface area contributed by atoms with Gasteiger partial charge in [0.1, 0.15) is 28.8 Å². The molecule has 0 aliphatic rings. The second-order valence-electron chi connectivity index (χ2n) is 8.70. The van der Waals surface area contributed by atoms with Gasteiger partial charge in [-0.1, -0.05) is 12.1 Å². The van der Waals surface area contributed by atoms with Crippen LogP contribution in [0.15, 0.2) is 84.1 Å². The fourth-order valence-electron chi connectivity index (χ4n) is 4.13. The minimum atomic E-state index is -4.45. The third-order valence-electron chi connectivity index (χ3n) is 6.05. The highest BCUT2D eigenvalue weighted by molar-refractivity contribution is 7.92. The highest BCUT2D eigenvalue weighted by Crippen LogP contribution is 2.34. The minimum Gasteiger partial charge on any atom is -0.480 e. The molecule has 0 spiro atoms. The standard InChI is InChI=1S/C28H21F2N5O5S/c1-39-27-25(35-41(37,38)26-7-4-19(29)12-23(26)30)11-18(14-34-27)16-3-6-24-22(10-16)21(8-9-32-24)17-2-5-20(33-13-17)15-40-28(31)36/h2-14,35H,15H2,1H3,(H2,31,36). The number of sulfonamides is 1. The molecule has 3 N–H and O–H groups in total. The van der Waals surface area contributed by atoms with E-state index in [1.165, 1.54) is 19.4 Å². The highest BCUT2D eigenvalue weighted by atomic mass is 32.2. The second kappa shape index (κ2) is 11.1. The Balaban J connectivity index is 1.51. The first kappa shape index (κ1) is 27.4. The molecule has 5 aromatic rings. The molecule has 41 heavy (non-hydrogen) atoms. The summed E-state index contributed by atoms with van der Waals surface area (Å²) in [6.45, 7) is -0.0544. The number of aromatic nitrogens is 3. The smallest absolute Gasteiger partial charge is 0.404 e. The molecule has 0 aliphatic carbocycles. The summed E-state index contributed by atoms with van der Waals surface area (Å²) < 4.78 is 65.7. The number of nitrogens with one attached hydrogen (secondary N) is 1. The van der Waals surface area contributed by atoms with Crippen molar-refractivity contribution in [1.82, 2.24) is 15.0 Å². The number of hydrogen-bond donors (Lipinski definition) is 2. The van der Waals surface area contributed by atoms with Crippen LogP contribution in [0, 0.1) is 11.6 Å². The first-order chi connectivity index (χ1) is 19.6. The van der Waals surface area contributed by atoms with Gasteiger partial charge in [0.05, 0.1) is 18.3 Å². The van der Waals surface area contributed by atoms with E-state index < -0.39 is 32.6 Å². The fraction of sp³-hybridized carbons (Fsp3) is 0.0714. The number of primary amides is 1. The molecule has 3 heterocycles. The average Bonchev–Trinajstić information content (AvgIpc) is 2.95. The maximum Gasteiger partial charge on any atom is 0.404 e. The zero-order valence-electron chi connectivity index (χ0n) is 21.3. The number of ether oxygens (including phenoxy) is 2. The maximum absolute atomic E-state index is 14.3. The lowest BCUT2D eigenvalue weighted by molar-refractivity contribution is 0.149. The van der Waals surface area contributed by atoms with Crippen molar-refractivity contribution < 1.29 is 31.5 Å². The number of pyridine rings is 3. The summed E-state index contributed by atoms with van der Waals surface area (Å²) in [6.07, 6.45) is 3.91. The van der Waals surface area contributed by atoms with E-state index in [1.54, 1.807) is 30.6 Å². The van der Waals surface area contributed by atoms with Crippen molar-refractivity contribution in [3.05, 3.63) is 96.6 Å². The van der Waals surface area contributed by atoms with Crippen LogP contribution in [0.1, 0.15) is 5.69 Å². The molecular formula is C28H21F2N5O5S. The Hall–Kier alpha value is -5.17. The largest absolute Gasteiger partial charge is 0.480 e. The fourth-order valence-corrected chi connectivity index (χ4v) is 5.24. The molecule has 1 amide bonds. The minimum absolute atomic E-state index is 0.0433. The van der Waals surface area contributed by atoms with E-state index in [0.717, 1.165) is 28.6 Å². The van der Waals surface area contributed by atoms with E-state index >= 15 is 0 Å². The topological polar surface area (TPSA) is 146 Å². The molecule has 0 saturated heterocycles. The number of nitrogens with zero attached hydrogens (tertiary/aromatic N) is 3. The van der Waals surface area contributed by atoms with Gasteiger partial charge in [-0.15, -0.1) is 0 Å². The number of rotatable bonds is 8. The zero-order valence-corrected chi connectivity index (χ0v) is 22.2. The molecule has 0 unspecified atom stereocenters. The number of carbonyl (C=O) groups excluding carboxylic acids is 1. The number of fused-ring (bicyclic) bond motifs is 1. The molecule has 2 aromatic carbocycles. The van der Waals surface area contributed by atoms with Crippen molar-refractivity contribution in [3.8, 4) is 28.1 Å². The van der Waals surface area contributed by atoms with Crippen LogP contribution in [0.3, 0.4) is 0 Å². The summed E-state index contributed by atoms with van der Waals surface area (Å²) >= 11 is 0. The first-order valence-corrected chi connectivity index (χ1v) is 13.4. The van der Waals surface area contributed by atoms with Crippen LogP contribution in [0.25, 0.3) is 33.2 Å². The molecule has 208 valence electrons. The summed E-state index contributed by atoms with van der Waals surface area (Å²) in [7, 11) is -3.13. The Morgan fingerprint density at radius 3 is 2.41 bits per heavy atom. The maximum atomic E-state index is 14.3. The number of hydrogen-bond acceptors (Lipinski definition) is 8. The Bertz CT molecular complexity index is 1890. The number of halogens is 2. The number of benzene rings is 2. The lowest BCUT2D eigenvalue weighted by Gasteiger charge is -2.14. The van der Waals surface area contributed by atoms with Crippen LogP contribution in [-0.2, 0) is 21.4 Å². The number of methoxy groups -OCH3 is 1. The molecule has 0 saturated carbocycles. The lowest BCUT2D eigenvalue weighted by Crippen LogP contribution is -2.15. The Morgan fingerprint density at radius 2 is 1.71 bits per heavy atom. The van der Waals surface area contributed by atoms with Crippen molar-refractivity contribution >= 4 is 32.7 Å². The third-order valence-corrected chi connectivity index (χ3v) is 7.44. The summed E-state index contributed by atoms with van der Waals surface area (Å²) in [6, 6.07) is 14.5. The number of nitrogens with two attached hydrogens (primary N) is 1. The monoisotopic (exact) mass is 577 g/mol. The predicted octanol–water partition coefficient (Wildman–Crippen LogP) is 5.04. The number of carbonyl (C=O) groups is 1. The Labute approximate surface area is 232 Å². The highest BCUT2D eigenvalue weighted by Gasteiger charge is 2.22. The van der Waals surface area contributed by atoms with Crippen LogP contribution in [0.4, 0.5) is 19.3 Å². The molecule has 0 bridgehead atoms. The molecule has 0 fully saturated rings. The van der Waals surface area contributed by atoms with E-state index in [4.69, 9.17) is 15.2 Å². The summed E-state index contributed by atoms with van der Waals surface area (Å²) in [5.41, 5.74) is 8.98. The normalized spacial score (nSPS) is 11.3. The van der Waals surface area contributed by atoms with Gasteiger partial charge in [0.25, 0.3) is 10.0 Å². The van der Waals surface area contributed by atoms with Crippen molar-refractivity contribution in [2.45, 2.75) is 11.5 Å². The number of anilines is 1. The van der Waals surface area contributed by atoms with E-state index in [0.29, 0.717) is 28.4 Å². The van der Waals surface area contributed by atoms with Crippen molar-refractivity contribution in [3.63, 3.8) is 0 Å². The zero-order chi connectivity index (χ0) is 29.1. The van der Waals surface area contributed by atoms with Gasteiger partial charge in [-0.3, -0.25) is 14.7 Å². The molecule has 3 aromatic heterocycles. The summed E-state index contributed by atoms with van der Waals surface area (Å²) in [5.74, 6) is -2.19. The van der Waals surface area contributed by atoms with E-state index in [9.17, 15) is 22.0 Å². The first-order valence-electron chi connectivity index (χ1n) is 11.9. The summed E-state index contributed by atoms with van der Waals surface area (Å²) in [4.78, 5) is 23.1. The average molecular weight is 578 g/mol. The van der Waals surface area contributed by atoms with E-state index in [2.05, 4.69) is 19.7 Å². The molecule has 13 heteroatoms. The van der Waals surface area contributed by atoms with E-state index in [1.807, 2.05) is 18.2 Å². The van der Waals surface area contributed by atoms with Gasteiger partial charge in [-0.25, -0.2) is 27.0 Å². The van der Waals surface area contributed by atoms with Gasteiger partial charge in [0.15, 0.2) is 0 Å². The summed E-state index contributed by atoms with van der Waals surface area (Å²) in [5, 5.41) is 0.777. The van der Waals surface area contributed by atoms with Crippen LogP contribution >= 0.6 is 0 Å². The van der Waals surface area contributed by atoms with Gasteiger partial charge in [-0.05, 0) is 53.6 Å². The molecular weight excluding hydrogens is 556 g/mol. The third kappa shape index (κ3) is 5.89. The van der Waals surface area contributed by atoms with Crippen LogP contribution in [-0.4, -0.2) is 36.6 Å². The van der Waals surface area contributed by atoms with Crippen molar-refractivity contribution in [2.24, 2.45) is 5.73 Å². The van der Waals surface area contributed by atoms with Gasteiger partial charge in [-0.2, -0.15) is 0 Å². The van der Waals surface area contributed by atoms with Gasteiger partial charge in [0, 0.05) is 41.2 Å². The van der Waals surface area contributed by atoms with Crippen LogP contribution in [0.5, 0.6) is 5.88 Å². The predicted molar refractivity (Wildman–Crippen MR) is 146 cm³/mol. The van der Waals surface area contributed by atoms with Gasteiger partial charge in [0.2, 0.25) is 5.88 Å². The molecule has 5 rings (SSSR count). The van der Waals surface area contributed by atoms with Gasteiger partial charge >= 0.3 is 6.09 Å². The van der Waals surface area contributed by atoms with Gasteiger partial charge < -0.3 is 15.2 Å². The Morgan fingerprint density at radius 1 is 0.927 bits per heavy atom. The van der Waals surface area contributed by atoms with Crippen LogP contribution in [0.2, 0.25) is 0 Å². The Kier molecular flexibility index (Phi) is 7.44. The van der Waals surface area contributed by atoms with Crippen LogP contribution < -0.4 is 15.2 Å². The SMILES string of the molecule is COc1ncc(-c2ccc3nccc(-c4ccc(COC(N)=O)nc4)c3c2)cc1NS(=O)(=O)c1ccc(F)cc1F. The quantitative estimate of drug-likeness (QED) is 0.261. The van der Waals surface area contributed by atoms with Crippen molar-refractivity contribution in [2.75, 3.05) is 11.8 Å². The molecule has 10 nitrogen and oxygen atoms in total.